The number of tetrazole rings is 1. The van der Waals surface area contributed by atoms with Gasteiger partial charge in [0, 0.05) is 6.07 Å². The highest BCUT2D eigenvalue weighted by molar-refractivity contribution is 5.96. The summed E-state index contributed by atoms with van der Waals surface area (Å²) in [5, 5.41) is 13.5. The third kappa shape index (κ3) is 4.41. The molecule has 0 atom stereocenters. The van der Waals surface area contributed by atoms with Crippen molar-refractivity contribution in [2.24, 2.45) is 0 Å². The molecule has 1 heterocycles. The highest BCUT2D eigenvalue weighted by Crippen LogP contribution is 2.28. The van der Waals surface area contributed by atoms with E-state index in [1.54, 1.807) is 42.5 Å². The Hall–Kier alpha value is -3.95. The molecule has 0 radical (unpaired) electrons. The van der Waals surface area contributed by atoms with Gasteiger partial charge >= 0.3 is 5.97 Å². The molecule has 1 amide bonds. The third-order valence-corrected chi connectivity index (χ3v) is 3.73. The Morgan fingerprint density at radius 3 is 2.50 bits per heavy atom. The van der Waals surface area contributed by atoms with E-state index in [0.29, 0.717) is 28.4 Å². The number of nitrogens with one attached hydrogen (secondary N) is 1. The summed E-state index contributed by atoms with van der Waals surface area (Å²) in [5.74, 6) is -0.106. The number of hydrogen-bond acceptors (Lipinski definition) is 8. The van der Waals surface area contributed by atoms with Crippen molar-refractivity contribution in [3.8, 4) is 17.2 Å². The molecule has 10 nitrogen and oxygen atoms in total. The lowest BCUT2D eigenvalue weighted by Gasteiger charge is -2.12. The van der Waals surface area contributed by atoms with Crippen molar-refractivity contribution in [2.45, 2.75) is 0 Å². The van der Waals surface area contributed by atoms with Crippen LogP contribution in [0.3, 0.4) is 0 Å². The molecule has 3 aromatic rings. The molecule has 0 aliphatic heterocycles. The van der Waals surface area contributed by atoms with Crippen LogP contribution in [0.4, 0.5) is 5.69 Å². The summed E-state index contributed by atoms with van der Waals surface area (Å²) in [6.45, 7) is -0.442. The zero-order chi connectivity index (χ0) is 19.9. The van der Waals surface area contributed by atoms with Gasteiger partial charge in [0.15, 0.2) is 6.61 Å². The van der Waals surface area contributed by atoms with Crippen LogP contribution >= 0.6 is 0 Å². The fraction of sp³-hybridized carbons (Fsp3) is 0.167. The van der Waals surface area contributed by atoms with E-state index in [9.17, 15) is 9.59 Å². The third-order valence-electron chi connectivity index (χ3n) is 3.73. The topological polar surface area (TPSA) is 117 Å². The van der Waals surface area contributed by atoms with Gasteiger partial charge in [-0.05, 0) is 46.8 Å². The second-order valence-electron chi connectivity index (χ2n) is 5.49. The Bertz CT molecular complexity index is 957. The number of carbonyl (C=O) groups is 2. The van der Waals surface area contributed by atoms with Crippen LogP contribution in [0.15, 0.2) is 48.8 Å². The molecule has 1 N–H and O–H groups in total. The maximum absolute atomic E-state index is 12.1. The lowest BCUT2D eigenvalue weighted by Crippen LogP contribution is -2.21. The van der Waals surface area contributed by atoms with E-state index in [1.807, 2.05) is 0 Å². The summed E-state index contributed by atoms with van der Waals surface area (Å²) in [5.41, 5.74) is 1.42. The number of hydrogen-bond donors (Lipinski definition) is 1. The average molecular weight is 383 g/mol. The van der Waals surface area contributed by atoms with Crippen LogP contribution in [0, 0.1) is 0 Å². The van der Waals surface area contributed by atoms with Gasteiger partial charge in [0.1, 0.15) is 17.8 Å². The molecule has 0 spiro atoms. The molecule has 28 heavy (non-hydrogen) atoms. The first-order valence-corrected chi connectivity index (χ1v) is 8.13. The molecule has 0 aliphatic carbocycles. The minimum absolute atomic E-state index is 0.298. The molecule has 10 heteroatoms. The number of anilines is 1. The van der Waals surface area contributed by atoms with Crippen LogP contribution < -0.4 is 14.8 Å². The van der Waals surface area contributed by atoms with E-state index < -0.39 is 18.5 Å². The molecule has 0 unspecified atom stereocenters. The van der Waals surface area contributed by atoms with Gasteiger partial charge in [-0.25, -0.2) is 9.48 Å². The maximum atomic E-state index is 12.1. The van der Waals surface area contributed by atoms with E-state index in [2.05, 4.69) is 20.8 Å². The van der Waals surface area contributed by atoms with Gasteiger partial charge in [-0.2, -0.15) is 0 Å². The quantitative estimate of drug-likeness (QED) is 0.610. The fourth-order valence-corrected chi connectivity index (χ4v) is 2.33. The highest BCUT2D eigenvalue weighted by atomic mass is 16.5. The number of ether oxygens (including phenoxy) is 3. The molecule has 0 aliphatic rings. The van der Waals surface area contributed by atoms with E-state index in [0.717, 1.165) is 0 Å². The first kappa shape index (κ1) is 18.8. The summed E-state index contributed by atoms with van der Waals surface area (Å²) in [7, 11) is 3.01. The van der Waals surface area contributed by atoms with Gasteiger partial charge in [-0.15, -0.1) is 5.10 Å². The van der Waals surface area contributed by atoms with Gasteiger partial charge in [0.05, 0.1) is 31.2 Å². The van der Waals surface area contributed by atoms with Gasteiger partial charge in [0.25, 0.3) is 5.91 Å². The summed E-state index contributed by atoms with van der Waals surface area (Å²) in [4.78, 5) is 24.2. The molecule has 3 rings (SSSR count). The minimum Gasteiger partial charge on any atom is -0.497 e. The van der Waals surface area contributed by atoms with E-state index in [4.69, 9.17) is 14.2 Å². The lowest BCUT2D eigenvalue weighted by atomic mass is 10.2. The molecular weight excluding hydrogens is 366 g/mol. The van der Waals surface area contributed by atoms with Crippen LogP contribution in [-0.4, -0.2) is 52.9 Å². The van der Waals surface area contributed by atoms with Crippen LogP contribution in [0.25, 0.3) is 5.69 Å². The van der Waals surface area contributed by atoms with Crippen molar-refractivity contribution < 1.29 is 23.8 Å². The normalized spacial score (nSPS) is 10.2. The second-order valence-corrected chi connectivity index (χ2v) is 5.49. The van der Waals surface area contributed by atoms with E-state index in [1.165, 1.54) is 25.2 Å². The monoisotopic (exact) mass is 383 g/mol. The highest BCUT2D eigenvalue weighted by Gasteiger charge is 2.13. The zero-order valence-corrected chi connectivity index (χ0v) is 15.2. The first-order chi connectivity index (χ1) is 13.6. The molecule has 0 bridgehead atoms. The molecule has 0 saturated heterocycles. The van der Waals surface area contributed by atoms with E-state index in [-0.39, 0.29) is 0 Å². The van der Waals surface area contributed by atoms with Gasteiger partial charge < -0.3 is 19.5 Å². The number of amides is 1. The van der Waals surface area contributed by atoms with Crippen molar-refractivity contribution >= 4 is 17.6 Å². The Morgan fingerprint density at radius 2 is 1.86 bits per heavy atom. The summed E-state index contributed by atoms with van der Waals surface area (Å²) in [6.07, 6.45) is 1.44. The molecular formula is C18H17N5O5. The number of rotatable bonds is 7. The molecule has 0 fully saturated rings. The molecule has 0 saturated carbocycles. The predicted octanol–water partition coefficient (Wildman–Crippen LogP) is 1.47. The Morgan fingerprint density at radius 1 is 1.07 bits per heavy atom. The SMILES string of the molecule is COc1ccc(NC(=O)COC(=O)c2ccc(-n3cnnn3)cc2)c(OC)c1. The summed E-state index contributed by atoms with van der Waals surface area (Å²) in [6, 6.07) is 11.4. The Kier molecular flexibility index (Phi) is 5.80. The predicted molar refractivity (Wildman–Crippen MR) is 97.6 cm³/mol. The molecule has 1 aromatic heterocycles. The zero-order valence-electron chi connectivity index (χ0n) is 15.2. The second kappa shape index (κ2) is 8.62. The smallest absolute Gasteiger partial charge is 0.338 e. The largest absolute Gasteiger partial charge is 0.497 e. The molecule has 144 valence electrons. The van der Waals surface area contributed by atoms with Crippen molar-refractivity contribution in [1.29, 1.82) is 0 Å². The van der Waals surface area contributed by atoms with Crippen molar-refractivity contribution in [1.82, 2.24) is 20.2 Å². The van der Waals surface area contributed by atoms with Crippen molar-refractivity contribution in [3.05, 3.63) is 54.4 Å². The number of carbonyl (C=O) groups excluding carboxylic acids is 2. The fourth-order valence-electron chi connectivity index (χ4n) is 2.33. The summed E-state index contributed by atoms with van der Waals surface area (Å²) >= 11 is 0. The van der Waals surface area contributed by atoms with Crippen LogP contribution in [-0.2, 0) is 9.53 Å². The average Bonchev–Trinajstić information content (AvgIpc) is 3.27. The van der Waals surface area contributed by atoms with E-state index >= 15 is 0 Å². The number of benzene rings is 2. The molecule has 2 aromatic carbocycles. The van der Waals surface area contributed by atoms with Gasteiger partial charge in [-0.3, -0.25) is 4.79 Å². The first-order valence-electron chi connectivity index (χ1n) is 8.13. The number of aromatic nitrogens is 4. The standard InChI is InChI=1S/C18H17N5O5/c1-26-14-7-8-15(16(9-14)27-2)20-17(24)10-28-18(25)12-3-5-13(6-4-12)23-11-19-21-22-23/h3-9,11H,10H2,1-2H3,(H,20,24). The number of methoxy groups -OCH3 is 2. The Labute approximate surface area is 160 Å². The maximum Gasteiger partial charge on any atom is 0.338 e. The van der Waals surface area contributed by atoms with Gasteiger partial charge in [0.2, 0.25) is 0 Å². The van der Waals surface area contributed by atoms with Crippen molar-refractivity contribution in [3.63, 3.8) is 0 Å². The Balaban J connectivity index is 1.56. The van der Waals surface area contributed by atoms with Crippen LogP contribution in [0.1, 0.15) is 10.4 Å². The van der Waals surface area contributed by atoms with Crippen LogP contribution in [0.5, 0.6) is 11.5 Å². The van der Waals surface area contributed by atoms with Gasteiger partial charge in [-0.1, -0.05) is 0 Å². The van der Waals surface area contributed by atoms with Crippen LogP contribution in [0.2, 0.25) is 0 Å². The minimum atomic E-state index is -0.625. The lowest BCUT2D eigenvalue weighted by molar-refractivity contribution is -0.119. The summed E-state index contributed by atoms with van der Waals surface area (Å²) < 4.78 is 16.8. The van der Waals surface area contributed by atoms with Crippen molar-refractivity contribution in [2.75, 3.05) is 26.1 Å². The number of nitrogens with zero attached hydrogens (tertiary/aromatic N) is 4. The number of esters is 1.